The molecule has 0 aliphatic carbocycles. The zero-order valence-electron chi connectivity index (χ0n) is 11.2. The smallest absolute Gasteiger partial charge is 0.267 e. The van der Waals surface area contributed by atoms with Gasteiger partial charge in [-0.15, -0.1) is 5.10 Å². The van der Waals surface area contributed by atoms with E-state index in [0.717, 1.165) is 38.0 Å². The molecular weight excluding hydrogens is 264 g/mol. The Labute approximate surface area is 117 Å². The van der Waals surface area contributed by atoms with Crippen LogP contribution >= 0.6 is 11.5 Å². The number of carbonyl (C=O) groups excluding carboxylic acids is 1. The van der Waals surface area contributed by atoms with Crippen molar-refractivity contribution >= 4 is 17.4 Å². The molecule has 0 saturated carbocycles. The van der Waals surface area contributed by atoms with Crippen molar-refractivity contribution in [1.29, 1.82) is 0 Å². The van der Waals surface area contributed by atoms with Gasteiger partial charge in [0.25, 0.3) is 5.91 Å². The normalized spacial score (nSPS) is 16.8. The van der Waals surface area contributed by atoms with Crippen LogP contribution < -0.4 is 5.73 Å². The van der Waals surface area contributed by atoms with Crippen LogP contribution in [0.1, 0.15) is 34.6 Å². The summed E-state index contributed by atoms with van der Waals surface area (Å²) < 4.78 is 9.54. The topological polar surface area (TPSA) is 81.3 Å². The van der Waals surface area contributed by atoms with Gasteiger partial charge in [0, 0.05) is 19.7 Å². The van der Waals surface area contributed by atoms with Crippen LogP contribution in [0.2, 0.25) is 0 Å². The summed E-state index contributed by atoms with van der Waals surface area (Å²) in [5, 5.41) is 3.88. The molecule has 1 amide bonds. The standard InChI is InChI=1S/C12H20N4O2S/c1-9-11(19-15-14-9)12(17)16-6-3-10(4-7-16)18-8-2-5-13/h10H,2-8,13H2,1H3. The third kappa shape index (κ3) is 3.71. The number of likely N-dealkylation sites (tertiary alicyclic amines) is 1. The van der Waals surface area contributed by atoms with Crippen molar-refractivity contribution < 1.29 is 9.53 Å². The van der Waals surface area contributed by atoms with E-state index in [9.17, 15) is 4.79 Å². The van der Waals surface area contributed by atoms with Crippen LogP contribution in [0.5, 0.6) is 0 Å². The molecule has 0 bridgehead atoms. The van der Waals surface area contributed by atoms with Crippen molar-refractivity contribution in [3.8, 4) is 0 Å². The highest BCUT2D eigenvalue weighted by atomic mass is 32.1. The van der Waals surface area contributed by atoms with E-state index in [4.69, 9.17) is 10.5 Å². The Kier molecular flexibility index (Phi) is 5.24. The molecule has 7 heteroatoms. The summed E-state index contributed by atoms with van der Waals surface area (Å²) in [6.07, 6.45) is 2.94. The Balaban J connectivity index is 1.80. The van der Waals surface area contributed by atoms with Crippen LogP contribution in [-0.2, 0) is 4.74 Å². The quantitative estimate of drug-likeness (QED) is 0.809. The molecule has 2 heterocycles. The predicted molar refractivity (Wildman–Crippen MR) is 73.2 cm³/mol. The van der Waals surface area contributed by atoms with E-state index in [1.165, 1.54) is 11.5 Å². The highest BCUT2D eigenvalue weighted by Crippen LogP contribution is 2.19. The van der Waals surface area contributed by atoms with Gasteiger partial charge in [-0.25, -0.2) is 0 Å². The highest BCUT2D eigenvalue weighted by Gasteiger charge is 2.26. The molecule has 0 atom stereocenters. The minimum Gasteiger partial charge on any atom is -0.378 e. The van der Waals surface area contributed by atoms with E-state index in [1.54, 1.807) is 0 Å². The molecular formula is C12H20N4O2S. The van der Waals surface area contributed by atoms with Crippen molar-refractivity contribution in [3.63, 3.8) is 0 Å². The fourth-order valence-corrected chi connectivity index (χ4v) is 2.76. The van der Waals surface area contributed by atoms with Crippen molar-refractivity contribution in [2.24, 2.45) is 5.73 Å². The largest absolute Gasteiger partial charge is 0.378 e. The molecule has 1 aromatic rings. The summed E-state index contributed by atoms with van der Waals surface area (Å²) in [5.41, 5.74) is 6.15. The SMILES string of the molecule is Cc1nnsc1C(=O)N1CCC(OCCCN)CC1. The van der Waals surface area contributed by atoms with Gasteiger partial charge in [0.15, 0.2) is 0 Å². The minimum atomic E-state index is 0.0490. The Bertz CT molecular complexity index is 416. The predicted octanol–water partition coefficient (Wildman–Crippen LogP) is 0.817. The monoisotopic (exact) mass is 284 g/mol. The van der Waals surface area contributed by atoms with Gasteiger partial charge in [-0.3, -0.25) is 4.79 Å². The van der Waals surface area contributed by atoms with Crippen LogP contribution in [0, 0.1) is 6.92 Å². The number of piperidine rings is 1. The van der Waals surface area contributed by atoms with Crippen molar-refractivity contribution in [2.75, 3.05) is 26.2 Å². The first-order valence-corrected chi connectivity index (χ1v) is 7.39. The molecule has 106 valence electrons. The van der Waals surface area contributed by atoms with Crippen LogP contribution in [0.25, 0.3) is 0 Å². The van der Waals surface area contributed by atoms with E-state index in [2.05, 4.69) is 9.59 Å². The third-order valence-corrected chi connectivity index (χ3v) is 4.09. The number of nitrogens with two attached hydrogens (primary N) is 1. The first kappa shape index (κ1) is 14.4. The van der Waals surface area contributed by atoms with Gasteiger partial charge in [0.2, 0.25) is 0 Å². The van der Waals surface area contributed by atoms with E-state index in [-0.39, 0.29) is 12.0 Å². The van der Waals surface area contributed by atoms with Crippen LogP contribution in [-0.4, -0.2) is 52.7 Å². The maximum absolute atomic E-state index is 12.2. The second-order valence-electron chi connectivity index (χ2n) is 4.69. The Morgan fingerprint density at radius 2 is 2.26 bits per heavy atom. The molecule has 0 aromatic carbocycles. The number of aryl methyl sites for hydroxylation is 1. The molecule has 0 radical (unpaired) electrons. The van der Waals surface area contributed by atoms with Crippen molar-refractivity contribution in [3.05, 3.63) is 10.6 Å². The van der Waals surface area contributed by atoms with Gasteiger partial charge in [0.05, 0.1) is 11.8 Å². The number of carbonyl (C=O) groups is 1. The van der Waals surface area contributed by atoms with E-state index in [1.807, 2.05) is 11.8 Å². The summed E-state index contributed by atoms with van der Waals surface area (Å²) in [4.78, 5) is 14.8. The summed E-state index contributed by atoms with van der Waals surface area (Å²) >= 11 is 1.17. The summed E-state index contributed by atoms with van der Waals surface area (Å²) in [5.74, 6) is 0.0490. The first-order chi connectivity index (χ1) is 9.22. The van der Waals surface area contributed by atoms with E-state index >= 15 is 0 Å². The molecule has 2 N–H and O–H groups in total. The lowest BCUT2D eigenvalue weighted by Gasteiger charge is -2.31. The number of aromatic nitrogens is 2. The number of amides is 1. The Morgan fingerprint density at radius 3 is 2.84 bits per heavy atom. The highest BCUT2D eigenvalue weighted by molar-refractivity contribution is 7.07. The Morgan fingerprint density at radius 1 is 1.53 bits per heavy atom. The van der Waals surface area contributed by atoms with Crippen molar-refractivity contribution in [2.45, 2.75) is 32.3 Å². The average Bonchev–Trinajstić information content (AvgIpc) is 2.85. The third-order valence-electron chi connectivity index (χ3n) is 3.28. The molecule has 1 aliphatic heterocycles. The number of rotatable bonds is 5. The summed E-state index contributed by atoms with van der Waals surface area (Å²) in [7, 11) is 0. The lowest BCUT2D eigenvalue weighted by molar-refractivity contribution is 0.00856. The van der Waals surface area contributed by atoms with Gasteiger partial charge < -0.3 is 15.4 Å². The molecule has 0 spiro atoms. The molecule has 1 aliphatic rings. The molecule has 0 unspecified atom stereocenters. The first-order valence-electron chi connectivity index (χ1n) is 6.62. The Hall–Kier alpha value is -1.05. The summed E-state index contributed by atoms with van der Waals surface area (Å²) in [6.45, 7) is 4.67. The minimum absolute atomic E-state index is 0.0490. The molecule has 6 nitrogen and oxygen atoms in total. The van der Waals surface area contributed by atoms with Crippen LogP contribution in [0.3, 0.4) is 0 Å². The van der Waals surface area contributed by atoms with E-state index < -0.39 is 0 Å². The maximum atomic E-state index is 12.2. The van der Waals surface area contributed by atoms with Gasteiger partial charge in [-0.05, 0) is 44.3 Å². The van der Waals surface area contributed by atoms with Gasteiger partial charge in [0.1, 0.15) is 4.88 Å². The molecule has 1 aromatic heterocycles. The molecule has 1 saturated heterocycles. The number of hydrogen-bond acceptors (Lipinski definition) is 6. The summed E-state index contributed by atoms with van der Waals surface area (Å²) in [6, 6.07) is 0. The average molecular weight is 284 g/mol. The fraction of sp³-hybridized carbons (Fsp3) is 0.750. The zero-order chi connectivity index (χ0) is 13.7. The van der Waals surface area contributed by atoms with Gasteiger partial charge in [-0.2, -0.15) is 0 Å². The second-order valence-corrected chi connectivity index (χ2v) is 5.45. The number of hydrogen-bond donors (Lipinski definition) is 1. The molecule has 2 rings (SSSR count). The second kappa shape index (κ2) is 6.93. The molecule has 1 fully saturated rings. The van der Waals surface area contributed by atoms with Crippen LogP contribution in [0.4, 0.5) is 0 Å². The fourth-order valence-electron chi connectivity index (χ4n) is 2.13. The number of nitrogens with zero attached hydrogens (tertiary/aromatic N) is 3. The van der Waals surface area contributed by atoms with Gasteiger partial charge >= 0.3 is 0 Å². The maximum Gasteiger partial charge on any atom is 0.267 e. The lowest BCUT2D eigenvalue weighted by Crippen LogP contribution is -2.41. The number of ether oxygens (including phenoxy) is 1. The van der Waals surface area contributed by atoms with E-state index in [0.29, 0.717) is 18.0 Å². The lowest BCUT2D eigenvalue weighted by atomic mass is 10.1. The molecule has 19 heavy (non-hydrogen) atoms. The zero-order valence-corrected chi connectivity index (χ0v) is 12.0. The van der Waals surface area contributed by atoms with Crippen molar-refractivity contribution in [1.82, 2.24) is 14.5 Å². The van der Waals surface area contributed by atoms with Crippen LogP contribution in [0.15, 0.2) is 0 Å². The van der Waals surface area contributed by atoms with Gasteiger partial charge in [-0.1, -0.05) is 4.49 Å².